The van der Waals surface area contributed by atoms with Crippen LogP contribution in [0.5, 0.6) is 11.5 Å². The first-order valence-electron chi connectivity index (χ1n) is 12.7. The van der Waals surface area contributed by atoms with Gasteiger partial charge in [0.25, 0.3) is 0 Å². The highest BCUT2D eigenvalue weighted by Gasteiger charge is 2.20. The summed E-state index contributed by atoms with van der Waals surface area (Å²) in [7, 11) is 0. The fourth-order valence-corrected chi connectivity index (χ4v) is 5.53. The molecular weight excluding hydrogens is 616 g/mol. The molecule has 1 aliphatic heterocycles. The zero-order valence-corrected chi connectivity index (χ0v) is 24.2. The largest absolute Gasteiger partial charge is 0.491 e. The molecule has 6 nitrogen and oxygen atoms in total. The fraction of sp³-hybridized carbons (Fsp3) is 0.333. The lowest BCUT2D eigenvalue weighted by Crippen LogP contribution is -2.15. The smallest absolute Gasteiger partial charge is 0.128 e. The van der Waals surface area contributed by atoms with E-state index in [9.17, 15) is 0 Å². The second-order valence-corrected chi connectivity index (χ2v) is 10.4. The Morgan fingerprint density at radius 1 is 0.395 bits per heavy atom. The molecule has 0 unspecified atom stereocenters. The minimum atomic E-state index is 0.411. The van der Waals surface area contributed by atoms with Crippen molar-refractivity contribution in [3.8, 4) is 22.6 Å². The van der Waals surface area contributed by atoms with Crippen molar-refractivity contribution in [1.82, 2.24) is 0 Å². The van der Waals surface area contributed by atoms with Gasteiger partial charge < -0.3 is 28.4 Å². The van der Waals surface area contributed by atoms with Crippen LogP contribution in [0, 0.1) is 0 Å². The molecule has 5 rings (SSSR count). The summed E-state index contributed by atoms with van der Waals surface area (Å²) in [5.74, 6) is 1.55. The molecule has 200 valence electrons. The topological polar surface area (TPSA) is 55.4 Å². The van der Waals surface area contributed by atoms with Crippen LogP contribution >= 0.6 is 31.9 Å². The molecule has 0 aromatic heterocycles. The van der Waals surface area contributed by atoms with Gasteiger partial charge in [0.15, 0.2) is 0 Å². The van der Waals surface area contributed by atoms with Crippen molar-refractivity contribution in [2.75, 3.05) is 66.1 Å². The maximum absolute atomic E-state index is 6.36. The molecule has 1 aliphatic rings. The molecule has 0 atom stereocenters. The second-order valence-electron chi connectivity index (χ2n) is 8.69. The first-order chi connectivity index (χ1) is 18.7. The van der Waals surface area contributed by atoms with E-state index in [1.807, 2.05) is 24.3 Å². The molecule has 4 aromatic rings. The van der Waals surface area contributed by atoms with E-state index in [0.29, 0.717) is 66.1 Å². The molecule has 38 heavy (non-hydrogen) atoms. The summed E-state index contributed by atoms with van der Waals surface area (Å²) in [4.78, 5) is 0. The van der Waals surface area contributed by atoms with E-state index in [1.54, 1.807) is 0 Å². The van der Waals surface area contributed by atoms with E-state index in [4.69, 9.17) is 28.4 Å². The number of rotatable bonds is 0. The summed E-state index contributed by atoms with van der Waals surface area (Å²) in [5.41, 5.74) is 1.96. The van der Waals surface area contributed by atoms with Crippen molar-refractivity contribution >= 4 is 53.4 Å². The standard InChI is InChI=1S/C30H30Br2O6/c31-25-5-1-3-23-21(25)7-9-27-29(23)30-24-4-2-6-26(32)22(24)8-10-28(30)38-20-18-36-16-14-34-12-11-33-13-15-35-17-19-37-27/h1-10H,11-20H2. The van der Waals surface area contributed by atoms with Gasteiger partial charge in [-0.3, -0.25) is 0 Å². The Bertz CT molecular complexity index is 1270. The van der Waals surface area contributed by atoms with E-state index >= 15 is 0 Å². The van der Waals surface area contributed by atoms with Crippen molar-refractivity contribution in [2.24, 2.45) is 0 Å². The number of ether oxygens (including phenoxy) is 6. The summed E-state index contributed by atoms with van der Waals surface area (Å²) >= 11 is 7.47. The highest BCUT2D eigenvalue weighted by molar-refractivity contribution is 9.11. The highest BCUT2D eigenvalue weighted by Crippen LogP contribution is 2.47. The Morgan fingerprint density at radius 2 is 0.763 bits per heavy atom. The number of benzene rings is 4. The third-order valence-electron chi connectivity index (χ3n) is 6.28. The van der Waals surface area contributed by atoms with Gasteiger partial charge in [0.1, 0.15) is 24.7 Å². The average molecular weight is 646 g/mol. The summed E-state index contributed by atoms with van der Waals surface area (Å²) in [5, 5.41) is 4.33. The van der Waals surface area contributed by atoms with Crippen LogP contribution < -0.4 is 9.47 Å². The predicted molar refractivity (Wildman–Crippen MR) is 157 cm³/mol. The van der Waals surface area contributed by atoms with Crippen molar-refractivity contribution in [3.63, 3.8) is 0 Å². The Kier molecular flexibility index (Phi) is 9.89. The zero-order chi connectivity index (χ0) is 26.2. The maximum Gasteiger partial charge on any atom is 0.128 e. The lowest BCUT2D eigenvalue weighted by atomic mass is 9.92. The van der Waals surface area contributed by atoms with E-state index in [2.05, 4.69) is 68.3 Å². The minimum Gasteiger partial charge on any atom is -0.491 e. The molecule has 8 heteroatoms. The zero-order valence-electron chi connectivity index (χ0n) is 21.0. The number of halogens is 2. The van der Waals surface area contributed by atoms with Crippen LogP contribution in [0.25, 0.3) is 32.7 Å². The van der Waals surface area contributed by atoms with Crippen LogP contribution in [-0.2, 0) is 18.9 Å². The van der Waals surface area contributed by atoms with Gasteiger partial charge in [-0.1, -0.05) is 56.1 Å². The van der Waals surface area contributed by atoms with E-state index < -0.39 is 0 Å². The summed E-state index contributed by atoms with van der Waals surface area (Å²) < 4.78 is 37.4. The summed E-state index contributed by atoms with van der Waals surface area (Å²) in [6, 6.07) is 20.7. The third-order valence-corrected chi connectivity index (χ3v) is 7.66. The maximum atomic E-state index is 6.36. The minimum absolute atomic E-state index is 0.411. The van der Waals surface area contributed by atoms with Crippen LogP contribution in [0.3, 0.4) is 0 Å². The van der Waals surface area contributed by atoms with Crippen LogP contribution in [0.4, 0.5) is 0 Å². The first-order valence-corrected chi connectivity index (χ1v) is 14.3. The molecule has 4 aromatic carbocycles. The van der Waals surface area contributed by atoms with Gasteiger partial charge in [0.05, 0.1) is 52.9 Å². The Balaban J connectivity index is 1.60. The van der Waals surface area contributed by atoms with Crippen molar-refractivity contribution < 1.29 is 28.4 Å². The summed E-state index contributed by atoms with van der Waals surface area (Å²) in [6.07, 6.45) is 0. The average Bonchev–Trinajstić information content (AvgIpc) is 2.92. The molecule has 0 spiro atoms. The molecule has 0 N–H and O–H groups in total. The number of hydrogen-bond acceptors (Lipinski definition) is 6. The van der Waals surface area contributed by atoms with Gasteiger partial charge in [0.2, 0.25) is 0 Å². The highest BCUT2D eigenvalue weighted by atomic mass is 79.9. The normalized spacial score (nSPS) is 16.7. The van der Waals surface area contributed by atoms with Gasteiger partial charge in [-0.15, -0.1) is 0 Å². The molecular formula is C30H30Br2O6. The van der Waals surface area contributed by atoms with Gasteiger partial charge in [0, 0.05) is 20.1 Å². The van der Waals surface area contributed by atoms with Crippen LogP contribution in [0.2, 0.25) is 0 Å². The molecule has 0 amide bonds. The third kappa shape index (κ3) is 6.50. The Morgan fingerprint density at radius 3 is 1.16 bits per heavy atom. The molecule has 0 bridgehead atoms. The second kappa shape index (κ2) is 13.7. The molecule has 0 fully saturated rings. The first kappa shape index (κ1) is 27.4. The lowest BCUT2D eigenvalue weighted by molar-refractivity contribution is -0.00704. The lowest BCUT2D eigenvalue weighted by Gasteiger charge is -2.20. The molecule has 1 heterocycles. The number of fused-ring (bicyclic) bond motifs is 7. The van der Waals surface area contributed by atoms with Gasteiger partial charge in [-0.2, -0.15) is 0 Å². The molecule has 0 saturated carbocycles. The van der Waals surface area contributed by atoms with Crippen LogP contribution in [0.1, 0.15) is 0 Å². The van der Waals surface area contributed by atoms with Crippen LogP contribution in [-0.4, -0.2) is 66.1 Å². The molecule has 0 aliphatic carbocycles. The van der Waals surface area contributed by atoms with E-state index in [-0.39, 0.29) is 0 Å². The van der Waals surface area contributed by atoms with Gasteiger partial charge in [-0.25, -0.2) is 0 Å². The quantitative estimate of drug-likeness (QED) is 0.205. The van der Waals surface area contributed by atoms with Gasteiger partial charge >= 0.3 is 0 Å². The van der Waals surface area contributed by atoms with E-state index in [0.717, 1.165) is 53.1 Å². The SMILES string of the molecule is Brc1cccc2c3c(ccc12)OCCOCCOCCOCCOCCOc1ccc2c(Br)cccc2c1-3. The van der Waals surface area contributed by atoms with Crippen molar-refractivity contribution in [3.05, 3.63) is 69.6 Å². The van der Waals surface area contributed by atoms with Crippen LogP contribution in [0.15, 0.2) is 69.6 Å². The monoisotopic (exact) mass is 644 g/mol. The van der Waals surface area contributed by atoms with Gasteiger partial charge in [-0.05, 0) is 57.9 Å². The number of hydrogen-bond donors (Lipinski definition) is 0. The Hall–Kier alpha value is -2.20. The fourth-order valence-electron chi connectivity index (χ4n) is 4.54. The van der Waals surface area contributed by atoms with Crippen molar-refractivity contribution in [1.29, 1.82) is 0 Å². The van der Waals surface area contributed by atoms with Crippen molar-refractivity contribution in [2.45, 2.75) is 0 Å². The molecule has 0 saturated heterocycles. The predicted octanol–water partition coefficient (Wildman–Crippen LogP) is 7.02. The molecule has 0 radical (unpaired) electrons. The summed E-state index contributed by atoms with van der Waals surface area (Å²) in [6.45, 7) is 4.82. The Labute approximate surface area is 239 Å². The van der Waals surface area contributed by atoms with E-state index in [1.165, 1.54) is 0 Å².